The molecule has 3 rings (SSSR count). The van der Waals surface area contributed by atoms with E-state index in [9.17, 15) is 4.39 Å². The van der Waals surface area contributed by atoms with Gasteiger partial charge in [-0.1, -0.05) is 35.9 Å². The van der Waals surface area contributed by atoms with E-state index in [0.717, 1.165) is 0 Å². The molecule has 7 heteroatoms. The van der Waals surface area contributed by atoms with Gasteiger partial charge in [0.25, 0.3) is 0 Å². The molecule has 0 amide bonds. The molecule has 21 heavy (non-hydrogen) atoms. The lowest BCUT2D eigenvalue weighted by Crippen LogP contribution is -2.50. The highest BCUT2D eigenvalue weighted by Gasteiger charge is 2.31. The summed E-state index contributed by atoms with van der Waals surface area (Å²) in [7, 11) is 0. The van der Waals surface area contributed by atoms with Gasteiger partial charge in [0.1, 0.15) is 5.82 Å². The van der Waals surface area contributed by atoms with Gasteiger partial charge >= 0.3 is 0 Å². The minimum Gasteiger partial charge on any atom is -0.369 e. The second-order valence-corrected chi connectivity index (χ2v) is 5.13. The fourth-order valence-corrected chi connectivity index (χ4v) is 2.47. The predicted molar refractivity (Wildman–Crippen MR) is 80.6 cm³/mol. The van der Waals surface area contributed by atoms with E-state index in [2.05, 4.69) is 15.8 Å². The first kappa shape index (κ1) is 13.8. The zero-order valence-corrected chi connectivity index (χ0v) is 11.7. The molecule has 5 nitrogen and oxygen atoms in total. The topological polar surface area (TPSA) is 88.5 Å². The van der Waals surface area contributed by atoms with Gasteiger partial charge in [-0.3, -0.25) is 11.2 Å². The Hall–Kier alpha value is -2.15. The van der Waals surface area contributed by atoms with Gasteiger partial charge in [-0.05, 0) is 23.8 Å². The van der Waals surface area contributed by atoms with Crippen molar-refractivity contribution in [1.29, 1.82) is 0 Å². The van der Waals surface area contributed by atoms with Gasteiger partial charge in [0, 0.05) is 16.1 Å². The summed E-state index contributed by atoms with van der Waals surface area (Å²) in [5.74, 6) is -1.29. The molecule has 0 aliphatic carbocycles. The number of guanidine groups is 1. The molecule has 0 fully saturated rings. The van der Waals surface area contributed by atoms with Crippen LogP contribution >= 0.6 is 11.6 Å². The first-order valence-corrected chi connectivity index (χ1v) is 6.59. The number of nitrogens with two attached hydrogens (primary N) is 2. The Labute approximate surface area is 125 Å². The Morgan fingerprint density at radius 1 is 1.19 bits per heavy atom. The summed E-state index contributed by atoms with van der Waals surface area (Å²) < 4.78 is 13.3. The van der Waals surface area contributed by atoms with E-state index in [1.54, 1.807) is 30.3 Å². The monoisotopic (exact) mass is 305 g/mol. The minimum atomic E-state index is -1.17. The van der Waals surface area contributed by atoms with Crippen molar-refractivity contribution in [2.45, 2.75) is 5.79 Å². The van der Waals surface area contributed by atoms with Crippen LogP contribution in [-0.2, 0) is 5.79 Å². The van der Waals surface area contributed by atoms with Crippen LogP contribution in [0.3, 0.4) is 0 Å². The maximum absolute atomic E-state index is 13.3. The van der Waals surface area contributed by atoms with Gasteiger partial charge in [0.05, 0.1) is 0 Å². The predicted octanol–water partition coefficient (Wildman–Crippen LogP) is 1.64. The van der Waals surface area contributed by atoms with Crippen LogP contribution in [-0.4, -0.2) is 5.96 Å². The van der Waals surface area contributed by atoms with Crippen LogP contribution in [0.1, 0.15) is 5.56 Å². The van der Waals surface area contributed by atoms with E-state index in [1.165, 1.54) is 12.1 Å². The number of hydrogen-bond donors (Lipinski definition) is 4. The van der Waals surface area contributed by atoms with E-state index in [0.29, 0.717) is 21.7 Å². The fourth-order valence-electron chi connectivity index (χ4n) is 2.18. The summed E-state index contributed by atoms with van der Waals surface area (Å²) in [6.45, 7) is 0. The smallest absolute Gasteiger partial charge is 0.209 e. The Morgan fingerprint density at radius 3 is 2.62 bits per heavy atom. The summed E-state index contributed by atoms with van der Waals surface area (Å²) in [5.41, 5.74) is 19.1. The number of rotatable bonds is 2. The molecule has 1 aliphatic rings. The van der Waals surface area contributed by atoms with E-state index in [4.69, 9.17) is 23.1 Å². The summed E-state index contributed by atoms with van der Waals surface area (Å²) in [5, 5.41) is 0.449. The van der Waals surface area contributed by atoms with E-state index in [-0.39, 0.29) is 11.8 Å². The number of hydrazine groups is 1. The summed E-state index contributed by atoms with van der Waals surface area (Å²) in [6.07, 6.45) is 0. The van der Waals surface area contributed by atoms with Crippen molar-refractivity contribution in [2.24, 2.45) is 16.5 Å². The number of aliphatic imine (C=N–C) groups is 1. The highest BCUT2D eigenvalue weighted by Crippen LogP contribution is 2.31. The summed E-state index contributed by atoms with van der Waals surface area (Å²) in [6, 6.07) is 11.4. The molecule has 0 aromatic heterocycles. The largest absolute Gasteiger partial charge is 0.369 e. The van der Waals surface area contributed by atoms with Crippen LogP contribution in [0.2, 0.25) is 5.02 Å². The Kier molecular flexibility index (Phi) is 3.29. The lowest BCUT2D eigenvalue weighted by Gasteiger charge is -2.21. The third kappa shape index (κ3) is 2.56. The molecule has 108 valence electrons. The average molecular weight is 306 g/mol. The van der Waals surface area contributed by atoms with Gasteiger partial charge in [0.15, 0.2) is 0 Å². The van der Waals surface area contributed by atoms with Gasteiger partial charge in [-0.25, -0.2) is 9.38 Å². The van der Waals surface area contributed by atoms with E-state index >= 15 is 0 Å². The second-order valence-electron chi connectivity index (χ2n) is 4.72. The van der Waals surface area contributed by atoms with Gasteiger partial charge in [0.2, 0.25) is 11.7 Å². The second kappa shape index (κ2) is 5.00. The average Bonchev–Trinajstić information content (AvgIpc) is 2.79. The van der Waals surface area contributed by atoms with Crippen LogP contribution in [0.5, 0.6) is 0 Å². The molecule has 2 aromatic carbocycles. The van der Waals surface area contributed by atoms with E-state index in [1.807, 2.05) is 0 Å². The normalized spacial score (nSPS) is 21.0. The van der Waals surface area contributed by atoms with Crippen molar-refractivity contribution in [3.63, 3.8) is 0 Å². The molecule has 0 radical (unpaired) electrons. The molecule has 1 heterocycles. The Bertz CT molecular complexity index is 733. The molecule has 0 bridgehead atoms. The van der Waals surface area contributed by atoms with E-state index < -0.39 is 5.79 Å². The zero-order chi connectivity index (χ0) is 15.0. The Balaban J connectivity index is 2.01. The number of nitrogens with one attached hydrogen (secondary N) is 2. The molecular formula is C14H13ClFN5. The van der Waals surface area contributed by atoms with Crippen molar-refractivity contribution in [3.8, 4) is 11.1 Å². The Morgan fingerprint density at radius 2 is 2.00 bits per heavy atom. The van der Waals surface area contributed by atoms with Crippen molar-refractivity contribution in [3.05, 3.63) is 58.9 Å². The first-order chi connectivity index (χ1) is 9.98. The third-order valence-electron chi connectivity index (χ3n) is 3.22. The number of nitrogens with zero attached hydrogens (tertiary/aromatic N) is 1. The van der Waals surface area contributed by atoms with Crippen molar-refractivity contribution >= 4 is 17.6 Å². The SMILES string of the molecule is NC1=NC(N)(c2ccc(-c3cccc(F)c3)c(Cl)c2)NN1. The van der Waals surface area contributed by atoms with Crippen molar-refractivity contribution < 1.29 is 4.39 Å². The van der Waals surface area contributed by atoms with Crippen molar-refractivity contribution in [2.75, 3.05) is 0 Å². The standard InChI is InChI=1S/C14H13ClFN5/c15-12-7-9(14(18)19-13(17)20-21-14)4-5-11(12)8-2-1-3-10(16)6-8/h1-7,21H,18H2,(H3,17,19,20). The molecule has 6 N–H and O–H groups in total. The van der Waals surface area contributed by atoms with Crippen LogP contribution in [0, 0.1) is 5.82 Å². The highest BCUT2D eigenvalue weighted by molar-refractivity contribution is 6.33. The molecule has 1 unspecified atom stereocenters. The molecule has 0 saturated heterocycles. The maximum atomic E-state index is 13.3. The maximum Gasteiger partial charge on any atom is 0.209 e. The third-order valence-corrected chi connectivity index (χ3v) is 3.54. The molecule has 1 aliphatic heterocycles. The molecular weight excluding hydrogens is 293 g/mol. The number of halogens is 2. The number of benzene rings is 2. The van der Waals surface area contributed by atoms with Crippen LogP contribution < -0.4 is 22.3 Å². The van der Waals surface area contributed by atoms with Crippen LogP contribution in [0.25, 0.3) is 11.1 Å². The summed E-state index contributed by atoms with van der Waals surface area (Å²) >= 11 is 6.29. The molecule has 1 atom stereocenters. The lowest BCUT2D eigenvalue weighted by molar-refractivity contribution is 0.375. The van der Waals surface area contributed by atoms with Crippen LogP contribution in [0.15, 0.2) is 47.5 Å². The van der Waals surface area contributed by atoms with Gasteiger partial charge in [-0.2, -0.15) is 5.43 Å². The molecule has 0 spiro atoms. The molecule has 0 saturated carbocycles. The van der Waals surface area contributed by atoms with Gasteiger partial charge in [-0.15, -0.1) is 0 Å². The lowest BCUT2D eigenvalue weighted by atomic mass is 10.0. The highest BCUT2D eigenvalue weighted by atomic mass is 35.5. The molecule has 2 aromatic rings. The zero-order valence-electron chi connectivity index (χ0n) is 10.9. The summed E-state index contributed by atoms with van der Waals surface area (Å²) in [4.78, 5) is 4.08. The van der Waals surface area contributed by atoms with Gasteiger partial charge < -0.3 is 5.73 Å². The quantitative estimate of drug-likeness (QED) is 0.679. The van der Waals surface area contributed by atoms with Crippen molar-refractivity contribution in [1.82, 2.24) is 10.9 Å². The van der Waals surface area contributed by atoms with Crippen LogP contribution in [0.4, 0.5) is 4.39 Å². The first-order valence-electron chi connectivity index (χ1n) is 6.21. The fraction of sp³-hybridized carbons (Fsp3) is 0.0714. The number of hydrogen-bond acceptors (Lipinski definition) is 5. The minimum absolute atomic E-state index is 0.197.